The van der Waals surface area contributed by atoms with Crippen LogP contribution in [0.15, 0.2) is 30.6 Å². The van der Waals surface area contributed by atoms with Gasteiger partial charge in [0.15, 0.2) is 5.82 Å². The van der Waals surface area contributed by atoms with E-state index in [4.69, 9.17) is 0 Å². The molecule has 0 amide bonds. The van der Waals surface area contributed by atoms with Gasteiger partial charge in [0.1, 0.15) is 0 Å². The van der Waals surface area contributed by atoms with Crippen LogP contribution in [0.4, 0.5) is 0 Å². The smallest absolute Gasteiger partial charge is 0.153 e. The van der Waals surface area contributed by atoms with Crippen molar-refractivity contribution in [3.05, 3.63) is 41.9 Å². The zero-order chi connectivity index (χ0) is 12.4. The van der Waals surface area contributed by atoms with Gasteiger partial charge in [0.05, 0.1) is 11.9 Å². The van der Waals surface area contributed by atoms with Crippen LogP contribution in [0.1, 0.15) is 36.9 Å². The number of aromatic nitrogens is 3. The first kappa shape index (κ1) is 11.4. The molecular formula is C14H18N4. The molecule has 18 heavy (non-hydrogen) atoms. The van der Waals surface area contributed by atoms with Gasteiger partial charge in [-0.2, -0.15) is 5.10 Å². The summed E-state index contributed by atoms with van der Waals surface area (Å²) in [4.78, 5) is 4.39. The van der Waals surface area contributed by atoms with Crippen molar-refractivity contribution in [2.75, 3.05) is 6.54 Å². The Bertz CT molecular complexity index is 514. The Hall–Kier alpha value is -1.68. The normalized spacial score (nSPS) is 14.9. The van der Waals surface area contributed by atoms with Gasteiger partial charge in [0.25, 0.3) is 0 Å². The monoisotopic (exact) mass is 242 g/mol. The van der Waals surface area contributed by atoms with Crippen molar-refractivity contribution < 1.29 is 0 Å². The van der Waals surface area contributed by atoms with E-state index >= 15 is 0 Å². The van der Waals surface area contributed by atoms with Crippen LogP contribution in [0.25, 0.3) is 5.82 Å². The fourth-order valence-electron chi connectivity index (χ4n) is 2.24. The molecule has 4 nitrogen and oxygen atoms in total. The number of hydrogen-bond acceptors (Lipinski definition) is 3. The summed E-state index contributed by atoms with van der Waals surface area (Å²) in [5.41, 5.74) is 2.65. The van der Waals surface area contributed by atoms with Crippen molar-refractivity contribution >= 4 is 0 Å². The SMILES string of the molecule is CCNCc1cnn(-c2ccccn2)c1C1CC1. The van der Waals surface area contributed by atoms with Gasteiger partial charge in [-0.25, -0.2) is 9.67 Å². The first-order chi connectivity index (χ1) is 8.90. The number of rotatable bonds is 5. The maximum absolute atomic E-state index is 4.51. The minimum atomic E-state index is 0.670. The van der Waals surface area contributed by atoms with Gasteiger partial charge in [-0.1, -0.05) is 13.0 Å². The zero-order valence-electron chi connectivity index (χ0n) is 10.6. The van der Waals surface area contributed by atoms with Crippen LogP contribution < -0.4 is 5.32 Å². The Balaban J connectivity index is 1.97. The van der Waals surface area contributed by atoms with Crippen LogP contribution >= 0.6 is 0 Å². The highest BCUT2D eigenvalue weighted by Crippen LogP contribution is 2.42. The number of pyridine rings is 1. The molecule has 0 atom stereocenters. The average molecular weight is 242 g/mol. The van der Waals surface area contributed by atoms with Crippen LogP contribution in [0.2, 0.25) is 0 Å². The van der Waals surface area contributed by atoms with Gasteiger partial charge in [-0.05, 0) is 31.5 Å². The van der Waals surface area contributed by atoms with Crippen LogP contribution in [-0.4, -0.2) is 21.3 Å². The summed E-state index contributed by atoms with van der Waals surface area (Å²) >= 11 is 0. The molecule has 2 heterocycles. The highest BCUT2D eigenvalue weighted by molar-refractivity contribution is 5.33. The average Bonchev–Trinajstić information content (AvgIpc) is 3.17. The maximum atomic E-state index is 4.51. The lowest BCUT2D eigenvalue weighted by atomic mass is 10.1. The molecular weight excluding hydrogens is 224 g/mol. The molecule has 1 saturated carbocycles. The lowest BCUT2D eigenvalue weighted by Gasteiger charge is -2.08. The number of hydrogen-bond donors (Lipinski definition) is 1. The third kappa shape index (κ3) is 2.16. The molecule has 0 radical (unpaired) electrons. The van der Waals surface area contributed by atoms with Gasteiger partial charge in [-0.3, -0.25) is 0 Å². The van der Waals surface area contributed by atoms with Crippen molar-refractivity contribution in [2.24, 2.45) is 0 Å². The number of nitrogens with one attached hydrogen (secondary N) is 1. The summed E-state index contributed by atoms with van der Waals surface area (Å²) in [7, 11) is 0. The molecule has 1 aliphatic rings. The standard InChI is InChI=1S/C14H18N4/c1-2-15-9-12-10-17-18(14(12)11-6-7-11)13-5-3-4-8-16-13/h3-5,8,10-11,15H,2,6-7,9H2,1H3. The summed E-state index contributed by atoms with van der Waals surface area (Å²) < 4.78 is 2.00. The molecule has 0 spiro atoms. The summed E-state index contributed by atoms with van der Waals surface area (Å²) in [5, 5.41) is 7.89. The van der Waals surface area contributed by atoms with Gasteiger partial charge in [0, 0.05) is 24.2 Å². The van der Waals surface area contributed by atoms with Crippen LogP contribution in [-0.2, 0) is 6.54 Å². The first-order valence-corrected chi connectivity index (χ1v) is 6.59. The predicted octanol–water partition coefficient (Wildman–Crippen LogP) is 2.25. The van der Waals surface area contributed by atoms with Crippen LogP contribution in [0, 0.1) is 0 Å². The molecule has 2 aromatic rings. The Morgan fingerprint density at radius 3 is 2.94 bits per heavy atom. The molecule has 4 heteroatoms. The molecule has 3 rings (SSSR count). The summed E-state index contributed by atoms with van der Waals surface area (Å²) in [6, 6.07) is 5.95. The van der Waals surface area contributed by atoms with E-state index in [1.165, 1.54) is 24.1 Å². The molecule has 0 aromatic carbocycles. The van der Waals surface area contributed by atoms with Crippen LogP contribution in [0.3, 0.4) is 0 Å². The van der Waals surface area contributed by atoms with Gasteiger partial charge in [0.2, 0.25) is 0 Å². The molecule has 0 bridgehead atoms. The minimum Gasteiger partial charge on any atom is -0.313 e. The van der Waals surface area contributed by atoms with Crippen molar-refractivity contribution in [3.8, 4) is 5.82 Å². The van der Waals surface area contributed by atoms with E-state index in [1.807, 2.05) is 35.3 Å². The second-order valence-electron chi connectivity index (χ2n) is 4.71. The van der Waals surface area contributed by atoms with Gasteiger partial charge in [-0.15, -0.1) is 0 Å². The third-order valence-corrected chi connectivity index (χ3v) is 3.28. The Morgan fingerprint density at radius 2 is 2.28 bits per heavy atom. The van der Waals surface area contributed by atoms with Crippen molar-refractivity contribution in [1.82, 2.24) is 20.1 Å². The largest absolute Gasteiger partial charge is 0.313 e. The minimum absolute atomic E-state index is 0.670. The van der Waals surface area contributed by atoms with E-state index < -0.39 is 0 Å². The first-order valence-electron chi connectivity index (χ1n) is 6.59. The second kappa shape index (κ2) is 4.90. The summed E-state index contributed by atoms with van der Waals surface area (Å²) in [5.74, 6) is 1.59. The quantitative estimate of drug-likeness (QED) is 0.874. The van der Waals surface area contributed by atoms with E-state index in [9.17, 15) is 0 Å². The van der Waals surface area contributed by atoms with Crippen LogP contribution in [0.5, 0.6) is 0 Å². The van der Waals surface area contributed by atoms with E-state index in [0.717, 1.165) is 18.9 Å². The summed E-state index contributed by atoms with van der Waals surface area (Å²) in [6.45, 7) is 4.01. The molecule has 2 aromatic heterocycles. The molecule has 0 aliphatic heterocycles. The highest BCUT2D eigenvalue weighted by atomic mass is 15.3. The molecule has 1 fully saturated rings. The van der Waals surface area contributed by atoms with Crippen molar-refractivity contribution in [1.29, 1.82) is 0 Å². The van der Waals surface area contributed by atoms with E-state index in [0.29, 0.717) is 5.92 Å². The topological polar surface area (TPSA) is 42.7 Å². The lowest BCUT2D eigenvalue weighted by molar-refractivity contribution is 0.712. The molecule has 0 saturated heterocycles. The van der Waals surface area contributed by atoms with Gasteiger partial charge >= 0.3 is 0 Å². The van der Waals surface area contributed by atoms with Crippen molar-refractivity contribution in [2.45, 2.75) is 32.2 Å². The third-order valence-electron chi connectivity index (χ3n) is 3.28. The molecule has 0 unspecified atom stereocenters. The van der Waals surface area contributed by atoms with Crippen molar-refractivity contribution in [3.63, 3.8) is 0 Å². The Labute approximate surface area is 107 Å². The van der Waals surface area contributed by atoms with E-state index in [-0.39, 0.29) is 0 Å². The maximum Gasteiger partial charge on any atom is 0.153 e. The van der Waals surface area contributed by atoms with E-state index in [1.54, 1.807) is 0 Å². The van der Waals surface area contributed by atoms with Gasteiger partial charge < -0.3 is 5.32 Å². The Kier molecular flexibility index (Phi) is 3.11. The highest BCUT2D eigenvalue weighted by Gasteiger charge is 2.30. The second-order valence-corrected chi connectivity index (χ2v) is 4.71. The molecule has 1 aliphatic carbocycles. The molecule has 94 valence electrons. The Morgan fingerprint density at radius 1 is 1.39 bits per heavy atom. The van der Waals surface area contributed by atoms with E-state index in [2.05, 4.69) is 22.3 Å². The predicted molar refractivity (Wildman–Crippen MR) is 70.7 cm³/mol. The summed E-state index contributed by atoms with van der Waals surface area (Å²) in [6.07, 6.45) is 6.35. The lowest BCUT2D eigenvalue weighted by Crippen LogP contribution is -2.13. The molecule has 1 N–H and O–H groups in total. The fourth-order valence-corrected chi connectivity index (χ4v) is 2.24. The fraction of sp³-hybridized carbons (Fsp3) is 0.429. The zero-order valence-corrected chi connectivity index (χ0v) is 10.6. The number of nitrogens with zero attached hydrogens (tertiary/aromatic N) is 3.